The summed E-state index contributed by atoms with van der Waals surface area (Å²) in [6.07, 6.45) is 1.27. The van der Waals surface area contributed by atoms with Gasteiger partial charge in [-0.05, 0) is 35.6 Å². The number of thiophene rings is 1. The van der Waals surface area contributed by atoms with Gasteiger partial charge in [0.2, 0.25) is 5.91 Å². The van der Waals surface area contributed by atoms with E-state index in [-0.39, 0.29) is 28.1 Å². The molecule has 0 aliphatic carbocycles. The normalized spacial score (nSPS) is 11.6. The Bertz CT molecular complexity index is 1120. The first-order valence-corrected chi connectivity index (χ1v) is 9.52. The Kier molecular flexibility index (Phi) is 5.08. The molecule has 2 N–H and O–H groups in total. The van der Waals surface area contributed by atoms with Gasteiger partial charge in [0.1, 0.15) is 16.3 Å². The van der Waals surface area contributed by atoms with Crippen molar-refractivity contribution in [2.24, 2.45) is 0 Å². The van der Waals surface area contributed by atoms with Crippen LogP contribution in [0, 0.1) is 6.92 Å². The number of carboxylic acids is 1. The number of aromatic carboxylic acids is 1. The number of nitrogens with one attached hydrogen (secondary N) is 1. The molecular weight excluding hydrogens is 378 g/mol. The predicted molar refractivity (Wildman–Crippen MR) is 109 cm³/mol. The van der Waals surface area contributed by atoms with Gasteiger partial charge in [0.05, 0.1) is 11.7 Å². The molecule has 3 aromatic rings. The first-order chi connectivity index (χ1) is 13.1. The fraction of sp³-hybridized carbons (Fsp3) is 0.300. The van der Waals surface area contributed by atoms with Crippen molar-refractivity contribution in [3.8, 4) is 0 Å². The fourth-order valence-corrected chi connectivity index (χ4v) is 3.86. The highest BCUT2D eigenvalue weighted by atomic mass is 32.1. The summed E-state index contributed by atoms with van der Waals surface area (Å²) in [6.45, 7) is 7.70. The van der Waals surface area contributed by atoms with Crippen molar-refractivity contribution >= 4 is 39.1 Å². The second kappa shape index (κ2) is 7.20. The molecule has 0 unspecified atom stereocenters. The molecule has 0 atom stereocenters. The number of aryl methyl sites for hydroxylation is 1. The standard InChI is InChI=1S/C20H21N3O4S/c1-11-15-17(28-16(11)19(26)27)21-10-23(18(15)25)9-14(24)22-13-7-5-12(6-8-13)20(2,3)4/h5-8,10H,9H2,1-4H3,(H,22,24)(H,26,27). The lowest BCUT2D eigenvalue weighted by Crippen LogP contribution is -2.28. The number of anilines is 1. The molecule has 0 aliphatic heterocycles. The molecule has 1 amide bonds. The molecule has 2 aromatic heterocycles. The number of benzene rings is 1. The molecule has 0 radical (unpaired) electrons. The minimum atomic E-state index is -1.09. The van der Waals surface area contributed by atoms with E-state index in [0.717, 1.165) is 16.9 Å². The van der Waals surface area contributed by atoms with E-state index in [1.807, 2.05) is 24.3 Å². The van der Waals surface area contributed by atoms with Crippen molar-refractivity contribution < 1.29 is 14.7 Å². The van der Waals surface area contributed by atoms with E-state index in [9.17, 15) is 19.5 Å². The van der Waals surface area contributed by atoms with Crippen molar-refractivity contribution in [1.82, 2.24) is 9.55 Å². The third-order valence-corrected chi connectivity index (χ3v) is 5.65. The number of amides is 1. The van der Waals surface area contributed by atoms with Crippen LogP contribution in [0.5, 0.6) is 0 Å². The zero-order valence-corrected chi connectivity index (χ0v) is 16.9. The second-order valence-electron chi connectivity index (χ2n) is 7.59. The monoisotopic (exact) mass is 399 g/mol. The van der Waals surface area contributed by atoms with E-state index in [1.165, 1.54) is 10.9 Å². The number of hydrogen-bond donors (Lipinski definition) is 2. The maximum atomic E-state index is 12.7. The molecule has 7 nitrogen and oxygen atoms in total. The molecule has 3 rings (SSSR count). The van der Waals surface area contributed by atoms with Gasteiger partial charge in [0.15, 0.2) is 0 Å². The molecule has 8 heteroatoms. The molecule has 146 valence electrons. The van der Waals surface area contributed by atoms with E-state index >= 15 is 0 Å². The van der Waals surface area contributed by atoms with Crippen molar-refractivity contribution in [1.29, 1.82) is 0 Å². The summed E-state index contributed by atoms with van der Waals surface area (Å²) in [7, 11) is 0. The summed E-state index contributed by atoms with van der Waals surface area (Å²) >= 11 is 0.955. The molecule has 28 heavy (non-hydrogen) atoms. The van der Waals surface area contributed by atoms with Gasteiger partial charge < -0.3 is 10.4 Å². The van der Waals surface area contributed by atoms with Crippen LogP contribution in [0.1, 0.15) is 41.6 Å². The molecule has 0 fully saturated rings. The van der Waals surface area contributed by atoms with Crippen LogP contribution in [-0.2, 0) is 16.8 Å². The zero-order chi connectivity index (χ0) is 20.6. The van der Waals surface area contributed by atoms with Gasteiger partial charge in [-0.2, -0.15) is 0 Å². The molecule has 0 saturated carbocycles. The number of carbonyl (C=O) groups excluding carboxylic acids is 1. The Morgan fingerprint density at radius 1 is 1.21 bits per heavy atom. The Hall–Kier alpha value is -3.00. The minimum Gasteiger partial charge on any atom is -0.477 e. The van der Waals surface area contributed by atoms with Gasteiger partial charge in [-0.1, -0.05) is 32.9 Å². The molecule has 0 spiro atoms. The van der Waals surface area contributed by atoms with Gasteiger partial charge in [0.25, 0.3) is 5.56 Å². The molecule has 0 aliphatic rings. The van der Waals surface area contributed by atoms with Crippen LogP contribution in [0.3, 0.4) is 0 Å². The van der Waals surface area contributed by atoms with Crippen LogP contribution in [0.25, 0.3) is 10.2 Å². The molecule has 1 aromatic carbocycles. The number of hydrogen-bond acceptors (Lipinski definition) is 5. The van der Waals surface area contributed by atoms with Crippen molar-refractivity contribution in [2.45, 2.75) is 39.7 Å². The summed E-state index contributed by atoms with van der Waals surface area (Å²) < 4.78 is 1.19. The molecular formula is C20H21N3O4S. The largest absolute Gasteiger partial charge is 0.477 e. The van der Waals surface area contributed by atoms with Crippen molar-refractivity contribution in [3.05, 3.63) is 57.0 Å². The number of nitrogens with zero attached hydrogens (tertiary/aromatic N) is 2. The van der Waals surface area contributed by atoms with Gasteiger partial charge in [-0.25, -0.2) is 9.78 Å². The van der Waals surface area contributed by atoms with Gasteiger partial charge in [0, 0.05) is 5.69 Å². The maximum absolute atomic E-state index is 12.7. The predicted octanol–water partition coefficient (Wildman–Crippen LogP) is 3.40. The van der Waals surface area contributed by atoms with Crippen molar-refractivity contribution in [2.75, 3.05) is 5.32 Å². The van der Waals surface area contributed by atoms with E-state index in [1.54, 1.807) is 6.92 Å². The molecule has 0 bridgehead atoms. The average molecular weight is 399 g/mol. The lowest BCUT2D eigenvalue weighted by Gasteiger charge is -2.19. The van der Waals surface area contributed by atoms with Crippen LogP contribution in [0.2, 0.25) is 0 Å². The van der Waals surface area contributed by atoms with Crippen molar-refractivity contribution in [3.63, 3.8) is 0 Å². The van der Waals surface area contributed by atoms with Crippen LogP contribution < -0.4 is 10.9 Å². The smallest absolute Gasteiger partial charge is 0.346 e. The minimum absolute atomic E-state index is 0.0180. The lowest BCUT2D eigenvalue weighted by molar-refractivity contribution is -0.116. The molecule has 0 saturated heterocycles. The number of fused-ring (bicyclic) bond motifs is 1. The number of rotatable bonds is 4. The third kappa shape index (κ3) is 3.82. The Morgan fingerprint density at radius 3 is 2.43 bits per heavy atom. The van der Waals surface area contributed by atoms with E-state index < -0.39 is 11.5 Å². The van der Waals surface area contributed by atoms with Crippen LogP contribution in [0.4, 0.5) is 5.69 Å². The SMILES string of the molecule is Cc1c(C(=O)O)sc2ncn(CC(=O)Nc3ccc(C(C)(C)C)cc3)c(=O)c12. The Balaban J connectivity index is 1.81. The van der Waals surface area contributed by atoms with E-state index in [0.29, 0.717) is 16.1 Å². The van der Waals surface area contributed by atoms with Gasteiger partial charge >= 0.3 is 5.97 Å². The average Bonchev–Trinajstić information content (AvgIpc) is 2.95. The third-order valence-electron chi connectivity index (χ3n) is 4.46. The summed E-state index contributed by atoms with van der Waals surface area (Å²) in [4.78, 5) is 40.9. The highest BCUT2D eigenvalue weighted by Gasteiger charge is 2.19. The number of aromatic nitrogens is 2. The fourth-order valence-electron chi connectivity index (χ4n) is 2.88. The number of carbonyl (C=O) groups is 2. The molecule has 2 heterocycles. The zero-order valence-electron chi connectivity index (χ0n) is 16.1. The Morgan fingerprint density at radius 2 is 1.86 bits per heavy atom. The quantitative estimate of drug-likeness (QED) is 0.700. The van der Waals surface area contributed by atoms with Gasteiger partial charge in [-0.15, -0.1) is 11.3 Å². The van der Waals surface area contributed by atoms with Crippen LogP contribution in [-0.4, -0.2) is 26.5 Å². The van der Waals surface area contributed by atoms with E-state index in [4.69, 9.17) is 0 Å². The second-order valence-corrected chi connectivity index (χ2v) is 8.59. The van der Waals surface area contributed by atoms with Crippen LogP contribution in [0.15, 0.2) is 35.4 Å². The Labute approximate surface area is 165 Å². The topological polar surface area (TPSA) is 101 Å². The summed E-state index contributed by atoms with van der Waals surface area (Å²) in [5.74, 6) is -1.46. The highest BCUT2D eigenvalue weighted by Crippen LogP contribution is 2.26. The number of carboxylic acid groups (broad SMARTS) is 1. The highest BCUT2D eigenvalue weighted by molar-refractivity contribution is 7.20. The summed E-state index contributed by atoms with van der Waals surface area (Å²) in [5.41, 5.74) is 1.75. The van der Waals surface area contributed by atoms with E-state index in [2.05, 4.69) is 31.1 Å². The van der Waals surface area contributed by atoms with Gasteiger partial charge in [-0.3, -0.25) is 14.2 Å². The maximum Gasteiger partial charge on any atom is 0.346 e. The summed E-state index contributed by atoms with van der Waals surface area (Å²) in [5, 5.41) is 12.2. The lowest BCUT2D eigenvalue weighted by atomic mass is 9.87. The first-order valence-electron chi connectivity index (χ1n) is 8.70. The van der Waals surface area contributed by atoms with Crippen LogP contribution >= 0.6 is 11.3 Å². The summed E-state index contributed by atoms with van der Waals surface area (Å²) in [6, 6.07) is 7.56. The first kappa shape index (κ1) is 19.8.